The van der Waals surface area contributed by atoms with Gasteiger partial charge in [-0.3, -0.25) is 9.59 Å². The van der Waals surface area contributed by atoms with Crippen molar-refractivity contribution in [1.82, 2.24) is 0 Å². The summed E-state index contributed by atoms with van der Waals surface area (Å²) in [6.45, 7) is 2.01. The average molecular weight is 615 g/mol. The monoisotopic (exact) mass is 613 g/mol. The summed E-state index contributed by atoms with van der Waals surface area (Å²) in [4.78, 5) is 29.6. The van der Waals surface area contributed by atoms with Gasteiger partial charge in [0.15, 0.2) is 0 Å². The average Bonchev–Trinajstić information content (AvgIpc) is 3.19. The maximum Gasteiger partial charge on any atom is 0.239 e. The molecule has 2 bridgehead atoms. The first kappa shape index (κ1) is 22.9. The highest BCUT2D eigenvalue weighted by atomic mass is 79.9. The number of ether oxygens (including phenoxy) is 1. The molecular weight excluding hydrogens is 594 g/mol. The summed E-state index contributed by atoms with van der Waals surface area (Å²) in [6.07, 6.45) is 0. The van der Waals surface area contributed by atoms with Gasteiger partial charge in [-0.15, -0.1) is 0 Å². The van der Waals surface area contributed by atoms with E-state index in [2.05, 4.69) is 56.1 Å². The third-order valence-electron chi connectivity index (χ3n) is 7.91. The number of nitrogens with zero attached hydrogens (tertiary/aromatic N) is 1. The smallest absolute Gasteiger partial charge is 0.239 e. The molecule has 4 aromatic rings. The van der Waals surface area contributed by atoms with E-state index in [1.807, 2.05) is 55.5 Å². The minimum absolute atomic E-state index is 0.202. The Balaban J connectivity index is 1.32. The van der Waals surface area contributed by atoms with Crippen LogP contribution in [0.25, 0.3) is 0 Å². The van der Waals surface area contributed by atoms with Gasteiger partial charge in [0, 0.05) is 0 Å². The van der Waals surface area contributed by atoms with E-state index in [0.29, 0.717) is 11.4 Å². The van der Waals surface area contributed by atoms with Crippen LogP contribution in [0, 0.1) is 18.8 Å². The van der Waals surface area contributed by atoms with E-state index in [-0.39, 0.29) is 11.8 Å². The van der Waals surface area contributed by atoms with Crippen molar-refractivity contribution >= 4 is 49.4 Å². The van der Waals surface area contributed by atoms with Gasteiger partial charge in [0.1, 0.15) is 11.5 Å². The molecular formula is C31H21Br2NO3. The Bertz CT molecular complexity index is 1490. The first-order chi connectivity index (χ1) is 17.8. The molecule has 8 rings (SSSR count). The zero-order valence-electron chi connectivity index (χ0n) is 19.8. The summed E-state index contributed by atoms with van der Waals surface area (Å²) in [5.74, 6) is -0.208. The van der Waals surface area contributed by atoms with Crippen molar-refractivity contribution in [3.63, 3.8) is 0 Å². The molecule has 1 heterocycles. The molecule has 1 saturated heterocycles. The Hall–Kier alpha value is -3.22. The number of aryl methyl sites for hydroxylation is 1. The highest BCUT2D eigenvalue weighted by molar-refractivity contribution is 9.10. The molecule has 0 saturated carbocycles. The molecule has 1 fully saturated rings. The Labute approximate surface area is 231 Å². The maximum atomic E-state index is 14.1. The summed E-state index contributed by atoms with van der Waals surface area (Å²) >= 11 is 8.09. The zero-order valence-corrected chi connectivity index (χ0v) is 23.0. The van der Waals surface area contributed by atoms with Crippen molar-refractivity contribution in [2.75, 3.05) is 4.90 Å². The molecule has 2 atom stereocenters. The van der Waals surface area contributed by atoms with Gasteiger partial charge in [-0.25, -0.2) is 4.90 Å². The van der Waals surface area contributed by atoms with Crippen LogP contribution in [0.2, 0.25) is 0 Å². The summed E-state index contributed by atoms with van der Waals surface area (Å²) in [5, 5.41) is 0. The number of hydrogen-bond acceptors (Lipinski definition) is 3. The van der Waals surface area contributed by atoms with Crippen molar-refractivity contribution in [3.05, 3.63) is 125 Å². The van der Waals surface area contributed by atoms with Gasteiger partial charge < -0.3 is 4.74 Å². The maximum absolute atomic E-state index is 14.1. The molecule has 4 aromatic carbocycles. The van der Waals surface area contributed by atoms with Gasteiger partial charge in [-0.1, -0.05) is 92.5 Å². The van der Waals surface area contributed by atoms with Crippen molar-refractivity contribution in [2.24, 2.45) is 11.8 Å². The topological polar surface area (TPSA) is 46.6 Å². The molecule has 4 nitrogen and oxygen atoms in total. The predicted octanol–water partition coefficient (Wildman–Crippen LogP) is 7.20. The Morgan fingerprint density at radius 1 is 0.649 bits per heavy atom. The van der Waals surface area contributed by atoms with Crippen LogP contribution in [-0.4, -0.2) is 11.8 Å². The molecule has 4 aliphatic rings. The zero-order chi connectivity index (χ0) is 25.5. The summed E-state index contributed by atoms with van der Waals surface area (Å²) in [7, 11) is 0. The van der Waals surface area contributed by atoms with E-state index in [9.17, 15) is 9.59 Å². The number of hydrogen-bond donors (Lipinski definition) is 0. The third kappa shape index (κ3) is 2.94. The normalized spacial score (nSPS) is 27.1. The highest BCUT2D eigenvalue weighted by Gasteiger charge is 2.72. The standard InChI is InChI=1S/C31H21Br2NO3/c1-18-7-6-8-21(17-18)37-20-15-13-19(14-16-20)34-28(35)26-27(29(34)36)31(33)23-10-3-2-9-22(23)30(26,32)24-11-4-5-12-25(24)31/h2-17,26-27H,1H3/t26-,27+,30?,31?. The van der Waals surface area contributed by atoms with Crippen LogP contribution in [-0.2, 0) is 18.2 Å². The summed E-state index contributed by atoms with van der Waals surface area (Å²) in [5.41, 5.74) is 5.75. The van der Waals surface area contributed by atoms with E-state index in [4.69, 9.17) is 4.74 Å². The van der Waals surface area contributed by atoms with Crippen molar-refractivity contribution < 1.29 is 14.3 Å². The molecule has 182 valence electrons. The fourth-order valence-electron chi connectivity index (χ4n) is 6.40. The number of halogens is 2. The number of carbonyl (C=O) groups is 2. The third-order valence-corrected chi connectivity index (χ3v) is 10.6. The lowest BCUT2D eigenvalue weighted by Crippen LogP contribution is -2.56. The Kier molecular flexibility index (Phi) is 4.89. The van der Waals surface area contributed by atoms with Gasteiger partial charge in [0.05, 0.1) is 26.2 Å². The lowest BCUT2D eigenvalue weighted by atomic mass is 9.54. The summed E-state index contributed by atoms with van der Waals surface area (Å²) < 4.78 is 4.39. The van der Waals surface area contributed by atoms with Crippen LogP contribution in [0.15, 0.2) is 97.1 Å². The fraction of sp³-hybridized carbons (Fsp3) is 0.161. The van der Waals surface area contributed by atoms with E-state index in [1.54, 1.807) is 24.3 Å². The molecule has 2 amide bonds. The minimum Gasteiger partial charge on any atom is -0.457 e. The number of anilines is 1. The molecule has 3 aliphatic carbocycles. The van der Waals surface area contributed by atoms with Gasteiger partial charge >= 0.3 is 0 Å². The van der Waals surface area contributed by atoms with Crippen LogP contribution in [0.4, 0.5) is 5.69 Å². The lowest BCUT2D eigenvalue weighted by Gasteiger charge is -2.55. The SMILES string of the molecule is Cc1cccc(Oc2ccc(N3C(=O)[C@@H]4[C@H](C3=O)C3(Br)c5ccccc5C4(Br)c4ccccc43)cc2)c1. The van der Waals surface area contributed by atoms with Crippen LogP contribution in [0.5, 0.6) is 11.5 Å². The molecule has 0 aromatic heterocycles. The van der Waals surface area contributed by atoms with Crippen molar-refractivity contribution in [2.45, 2.75) is 15.6 Å². The largest absolute Gasteiger partial charge is 0.457 e. The predicted molar refractivity (Wildman–Crippen MR) is 149 cm³/mol. The first-order valence-corrected chi connectivity index (χ1v) is 13.7. The second-order valence-electron chi connectivity index (χ2n) is 9.89. The van der Waals surface area contributed by atoms with Crippen molar-refractivity contribution in [3.8, 4) is 11.5 Å². The van der Waals surface area contributed by atoms with Crippen LogP contribution in [0.1, 0.15) is 27.8 Å². The number of rotatable bonds is 3. The molecule has 6 heteroatoms. The molecule has 1 aliphatic heterocycles. The van der Waals surface area contributed by atoms with Crippen LogP contribution in [0.3, 0.4) is 0 Å². The van der Waals surface area contributed by atoms with Crippen LogP contribution >= 0.6 is 31.9 Å². The lowest BCUT2D eigenvalue weighted by molar-refractivity contribution is -0.122. The van der Waals surface area contributed by atoms with E-state index in [1.165, 1.54) is 4.90 Å². The molecule has 0 radical (unpaired) electrons. The number of benzene rings is 4. The van der Waals surface area contributed by atoms with Crippen LogP contribution < -0.4 is 9.64 Å². The quantitative estimate of drug-likeness (QED) is 0.181. The second-order valence-corrected chi connectivity index (χ2v) is 12.4. The molecule has 37 heavy (non-hydrogen) atoms. The Morgan fingerprint density at radius 3 is 1.59 bits per heavy atom. The molecule has 0 N–H and O–H groups in total. The number of alkyl halides is 2. The summed E-state index contributed by atoms with van der Waals surface area (Å²) in [6, 6.07) is 31.2. The van der Waals surface area contributed by atoms with E-state index in [0.717, 1.165) is 33.6 Å². The number of carbonyl (C=O) groups excluding carboxylic acids is 2. The van der Waals surface area contributed by atoms with E-state index >= 15 is 0 Å². The fourth-order valence-corrected chi connectivity index (χ4v) is 8.70. The first-order valence-electron chi connectivity index (χ1n) is 12.2. The van der Waals surface area contributed by atoms with E-state index < -0.39 is 20.5 Å². The second kappa shape index (κ2) is 7.89. The van der Waals surface area contributed by atoms with Gasteiger partial charge in [-0.2, -0.15) is 0 Å². The van der Waals surface area contributed by atoms with Gasteiger partial charge in [0.25, 0.3) is 0 Å². The Morgan fingerprint density at radius 2 is 1.14 bits per heavy atom. The van der Waals surface area contributed by atoms with Gasteiger partial charge in [0.2, 0.25) is 11.8 Å². The number of imide groups is 1. The minimum atomic E-state index is -0.796. The van der Waals surface area contributed by atoms with Gasteiger partial charge in [-0.05, 0) is 71.1 Å². The van der Waals surface area contributed by atoms with Crippen molar-refractivity contribution in [1.29, 1.82) is 0 Å². The number of amides is 2. The molecule has 0 spiro atoms. The molecule has 0 unspecified atom stereocenters. The highest BCUT2D eigenvalue weighted by Crippen LogP contribution is 2.70.